The summed E-state index contributed by atoms with van der Waals surface area (Å²) >= 11 is 0. The van der Waals surface area contributed by atoms with Gasteiger partial charge in [-0.25, -0.2) is 0 Å². The van der Waals surface area contributed by atoms with E-state index in [4.69, 9.17) is 0 Å². The summed E-state index contributed by atoms with van der Waals surface area (Å²) in [6, 6.07) is 0. The van der Waals surface area contributed by atoms with Crippen molar-refractivity contribution >= 4 is 0 Å². The van der Waals surface area contributed by atoms with Crippen molar-refractivity contribution in [1.29, 1.82) is 0 Å². The molecule has 0 N–H and O–H groups in total. The van der Waals surface area contributed by atoms with E-state index in [-0.39, 0.29) is 0 Å². The van der Waals surface area contributed by atoms with Gasteiger partial charge in [-0.1, -0.05) is 25.5 Å². The van der Waals surface area contributed by atoms with Crippen LogP contribution in [0, 0.1) is 12.3 Å². The maximum absolute atomic E-state index is 2.43. The molecular formula is C9H15. The minimum absolute atomic E-state index is 0.810. The lowest BCUT2D eigenvalue weighted by atomic mass is 10.0. The van der Waals surface area contributed by atoms with Crippen LogP contribution in [0.1, 0.15) is 32.6 Å². The van der Waals surface area contributed by atoms with Crippen molar-refractivity contribution in [2.24, 2.45) is 5.92 Å². The van der Waals surface area contributed by atoms with Crippen molar-refractivity contribution in [2.75, 3.05) is 0 Å². The van der Waals surface area contributed by atoms with Crippen molar-refractivity contribution in [3.8, 4) is 0 Å². The zero-order valence-electron chi connectivity index (χ0n) is 6.14. The van der Waals surface area contributed by atoms with Crippen LogP contribution in [0.15, 0.2) is 12.2 Å². The van der Waals surface area contributed by atoms with Crippen LogP contribution in [0.5, 0.6) is 0 Å². The molecule has 0 bridgehead atoms. The molecule has 51 valence electrons. The molecule has 0 aromatic heterocycles. The van der Waals surface area contributed by atoms with Crippen LogP contribution >= 0.6 is 0 Å². The minimum Gasteiger partial charge on any atom is -0.0882 e. The van der Waals surface area contributed by atoms with Gasteiger partial charge in [0.25, 0.3) is 0 Å². The first kappa shape index (κ1) is 6.85. The van der Waals surface area contributed by atoms with Crippen molar-refractivity contribution in [3.05, 3.63) is 18.6 Å². The molecular weight excluding hydrogens is 108 g/mol. The van der Waals surface area contributed by atoms with Crippen LogP contribution in [0.4, 0.5) is 0 Å². The van der Waals surface area contributed by atoms with Crippen molar-refractivity contribution in [2.45, 2.75) is 32.6 Å². The van der Waals surface area contributed by atoms with Gasteiger partial charge >= 0.3 is 0 Å². The third-order valence-corrected chi connectivity index (χ3v) is 1.81. The molecule has 0 saturated carbocycles. The first-order valence-electron chi connectivity index (χ1n) is 3.93. The highest BCUT2D eigenvalue weighted by Gasteiger charge is 2.07. The summed E-state index contributed by atoms with van der Waals surface area (Å²) in [5.41, 5.74) is 0. The Morgan fingerprint density at radius 1 is 1.67 bits per heavy atom. The molecule has 0 aliphatic heterocycles. The summed E-state index contributed by atoms with van der Waals surface area (Å²) in [5.74, 6) is 0.810. The lowest BCUT2D eigenvalue weighted by Gasteiger charge is -2.03. The Morgan fingerprint density at radius 2 is 2.56 bits per heavy atom. The molecule has 1 atom stereocenters. The summed E-state index contributed by atoms with van der Waals surface area (Å²) in [5, 5.41) is 0. The first-order chi connectivity index (χ1) is 4.43. The van der Waals surface area contributed by atoms with E-state index in [9.17, 15) is 0 Å². The standard InChI is InChI=1S/C9H15/c1-2-3-6-9-7-4-5-8-9/h4,6-7,9H,2-3,5,8H2,1H3. The van der Waals surface area contributed by atoms with Gasteiger partial charge in [-0.05, 0) is 31.6 Å². The Labute approximate surface area is 58.0 Å². The lowest BCUT2D eigenvalue weighted by Crippen LogP contribution is -1.91. The molecule has 0 nitrogen and oxygen atoms in total. The van der Waals surface area contributed by atoms with E-state index in [0.29, 0.717) is 0 Å². The first-order valence-corrected chi connectivity index (χ1v) is 3.93. The Morgan fingerprint density at radius 3 is 3.11 bits per heavy atom. The molecule has 0 saturated heterocycles. The van der Waals surface area contributed by atoms with Crippen LogP contribution in [-0.4, -0.2) is 0 Å². The molecule has 0 fully saturated rings. The Hall–Kier alpha value is -0.260. The van der Waals surface area contributed by atoms with Gasteiger partial charge in [0.05, 0.1) is 0 Å². The average Bonchev–Trinajstić information content (AvgIpc) is 2.34. The summed E-state index contributed by atoms with van der Waals surface area (Å²) < 4.78 is 0. The van der Waals surface area contributed by atoms with Crippen LogP contribution in [0.2, 0.25) is 0 Å². The molecule has 1 aliphatic carbocycles. The molecule has 1 aliphatic rings. The van der Waals surface area contributed by atoms with Gasteiger partial charge in [0.1, 0.15) is 0 Å². The van der Waals surface area contributed by atoms with Crippen molar-refractivity contribution in [3.63, 3.8) is 0 Å². The average molecular weight is 123 g/mol. The second-order valence-electron chi connectivity index (χ2n) is 2.69. The number of unbranched alkanes of at least 4 members (excludes halogenated alkanes) is 1. The van der Waals surface area contributed by atoms with Gasteiger partial charge in [0, 0.05) is 0 Å². The van der Waals surface area contributed by atoms with Crippen LogP contribution < -0.4 is 0 Å². The van der Waals surface area contributed by atoms with Gasteiger partial charge in [0.2, 0.25) is 0 Å². The summed E-state index contributed by atoms with van der Waals surface area (Å²) in [7, 11) is 0. The molecule has 1 rings (SSSR count). The van der Waals surface area contributed by atoms with Crippen LogP contribution in [0.25, 0.3) is 0 Å². The second kappa shape index (κ2) is 3.71. The van der Waals surface area contributed by atoms with E-state index >= 15 is 0 Å². The van der Waals surface area contributed by atoms with Crippen molar-refractivity contribution < 1.29 is 0 Å². The Balaban J connectivity index is 2.05. The van der Waals surface area contributed by atoms with Gasteiger partial charge in [-0.2, -0.15) is 0 Å². The zero-order chi connectivity index (χ0) is 6.53. The van der Waals surface area contributed by atoms with E-state index in [0.717, 1.165) is 5.92 Å². The number of hydrogen-bond donors (Lipinski definition) is 0. The fourth-order valence-electron chi connectivity index (χ4n) is 1.23. The Bertz CT molecular complexity index is 92.2. The molecule has 0 aromatic carbocycles. The van der Waals surface area contributed by atoms with Gasteiger partial charge in [-0.15, -0.1) is 0 Å². The molecule has 9 heavy (non-hydrogen) atoms. The number of rotatable bonds is 3. The predicted octanol–water partition coefficient (Wildman–Crippen LogP) is 2.96. The fourth-order valence-corrected chi connectivity index (χ4v) is 1.23. The van der Waals surface area contributed by atoms with Gasteiger partial charge in [0.15, 0.2) is 0 Å². The van der Waals surface area contributed by atoms with E-state index in [1.165, 1.54) is 25.7 Å². The lowest BCUT2D eigenvalue weighted by molar-refractivity contribution is 0.672. The summed E-state index contributed by atoms with van der Waals surface area (Å²) in [6.45, 7) is 2.23. The highest BCUT2D eigenvalue weighted by Crippen LogP contribution is 2.21. The van der Waals surface area contributed by atoms with E-state index < -0.39 is 0 Å². The maximum atomic E-state index is 2.43. The molecule has 0 amide bonds. The quantitative estimate of drug-likeness (QED) is 0.506. The third-order valence-electron chi connectivity index (χ3n) is 1.81. The van der Waals surface area contributed by atoms with Crippen LogP contribution in [0.3, 0.4) is 0 Å². The van der Waals surface area contributed by atoms with Gasteiger partial charge in [-0.3, -0.25) is 0 Å². The number of hydrogen-bond acceptors (Lipinski definition) is 0. The van der Waals surface area contributed by atoms with E-state index in [2.05, 4.69) is 25.5 Å². The SMILES string of the molecule is CCC[CH]C1C=CCC1. The van der Waals surface area contributed by atoms with E-state index in [1.54, 1.807) is 0 Å². The summed E-state index contributed by atoms with van der Waals surface area (Å²) in [6.07, 6.45) is 12.3. The highest BCUT2D eigenvalue weighted by atomic mass is 14.1. The largest absolute Gasteiger partial charge is 0.0882 e. The third kappa shape index (κ3) is 2.21. The fraction of sp³-hybridized carbons (Fsp3) is 0.667. The van der Waals surface area contributed by atoms with Gasteiger partial charge < -0.3 is 0 Å². The molecule has 1 radical (unpaired) electrons. The molecule has 0 heterocycles. The predicted molar refractivity (Wildman–Crippen MR) is 41.1 cm³/mol. The second-order valence-corrected chi connectivity index (χ2v) is 2.69. The zero-order valence-corrected chi connectivity index (χ0v) is 6.14. The number of allylic oxidation sites excluding steroid dienone is 2. The van der Waals surface area contributed by atoms with Crippen LogP contribution in [-0.2, 0) is 0 Å². The van der Waals surface area contributed by atoms with Crippen molar-refractivity contribution in [1.82, 2.24) is 0 Å². The molecule has 0 aromatic rings. The maximum Gasteiger partial charge on any atom is -0.0199 e. The smallest absolute Gasteiger partial charge is 0.0199 e. The monoisotopic (exact) mass is 123 g/mol. The van der Waals surface area contributed by atoms with E-state index in [1.807, 2.05) is 0 Å². The molecule has 0 heteroatoms. The summed E-state index contributed by atoms with van der Waals surface area (Å²) in [4.78, 5) is 0. The highest BCUT2D eigenvalue weighted by molar-refractivity contribution is 5.01. The normalized spacial score (nSPS) is 25.2. The molecule has 0 spiro atoms. The Kier molecular flexibility index (Phi) is 2.82. The topological polar surface area (TPSA) is 0 Å². The minimum atomic E-state index is 0.810. The molecule has 1 unspecified atom stereocenters.